The van der Waals surface area contributed by atoms with E-state index in [1.165, 1.54) is 5.56 Å². The maximum absolute atomic E-state index is 11.3. The third kappa shape index (κ3) is 3.25. The summed E-state index contributed by atoms with van der Waals surface area (Å²) < 4.78 is 1.08. The van der Waals surface area contributed by atoms with Crippen molar-refractivity contribution in [2.45, 2.75) is 19.5 Å². The number of aromatic amines is 2. The number of rotatable bonds is 4. The fourth-order valence-corrected chi connectivity index (χ4v) is 2.80. The molecule has 0 bridgehead atoms. The van der Waals surface area contributed by atoms with Crippen molar-refractivity contribution in [3.05, 3.63) is 68.5 Å². The molecular weight excluding hydrogens is 330 g/mol. The van der Waals surface area contributed by atoms with Crippen molar-refractivity contribution in [3.8, 4) is 0 Å². The molecule has 1 heterocycles. The van der Waals surface area contributed by atoms with Crippen molar-refractivity contribution >= 4 is 27.0 Å². The summed E-state index contributed by atoms with van der Waals surface area (Å²) in [5.41, 5.74) is 3.88. The van der Waals surface area contributed by atoms with Crippen molar-refractivity contribution in [1.82, 2.24) is 15.3 Å². The minimum absolute atomic E-state index is 0.170. The zero-order valence-corrected chi connectivity index (χ0v) is 13.2. The van der Waals surface area contributed by atoms with Gasteiger partial charge in [-0.25, -0.2) is 4.79 Å². The summed E-state index contributed by atoms with van der Waals surface area (Å²) in [5, 5.41) is 3.49. The molecule has 3 N–H and O–H groups in total. The van der Waals surface area contributed by atoms with Gasteiger partial charge >= 0.3 is 5.69 Å². The summed E-state index contributed by atoms with van der Waals surface area (Å²) >= 11 is 3.48. The van der Waals surface area contributed by atoms with E-state index in [2.05, 4.69) is 50.3 Å². The molecule has 0 aliphatic carbocycles. The lowest BCUT2D eigenvalue weighted by Crippen LogP contribution is -2.18. The van der Waals surface area contributed by atoms with Crippen LogP contribution >= 0.6 is 15.9 Å². The van der Waals surface area contributed by atoms with Gasteiger partial charge in [0.05, 0.1) is 11.0 Å². The van der Waals surface area contributed by atoms with Crippen molar-refractivity contribution in [3.63, 3.8) is 0 Å². The highest BCUT2D eigenvalue weighted by Gasteiger charge is 2.07. The molecule has 0 aliphatic heterocycles. The van der Waals surface area contributed by atoms with Crippen molar-refractivity contribution < 1.29 is 0 Å². The van der Waals surface area contributed by atoms with E-state index in [9.17, 15) is 4.79 Å². The van der Waals surface area contributed by atoms with Gasteiger partial charge in [0.2, 0.25) is 0 Å². The van der Waals surface area contributed by atoms with Crippen LogP contribution in [0.2, 0.25) is 0 Å². The summed E-state index contributed by atoms with van der Waals surface area (Å²) in [4.78, 5) is 16.8. The van der Waals surface area contributed by atoms with Crippen LogP contribution in [0.1, 0.15) is 24.1 Å². The first-order valence-electron chi connectivity index (χ1n) is 6.81. The molecule has 2 aromatic carbocycles. The lowest BCUT2D eigenvalue weighted by Gasteiger charge is -2.14. The molecule has 1 aromatic heterocycles. The van der Waals surface area contributed by atoms with Crippen molar-refractivity contribution in [2.75, 3.05) is 0 Å². The van der Waals surface area contributed by atoms with Crippen LogP contribution in [0, 0.1) is 0 Å². The zero-order valence-electron chi connectivity index (χ0n) is 11.6. The Hall–Kier alpha value is -1.85. The Morgan fingerprint density at radius 1 is 1.14 bits per heavy atom. The highest BCUT2D eigenvalue weighted by Crippen LogP contribution is 2.18. The van der Waals surface area contributed by atoms with Crippen LogP contribution in [0.4, 0.5) is 0 Å². The Labute approximate surface area is 130 Å². The Bertz CT molecular complexity index is 822. The molecule has 0 fully saturated rings. The Kier molecular flexibility index (Phi) is 3.94. The molecule has 0 spiro atoms. The third-order valence-electron chi connectivity index (χ3n) is 3.54. The van der Waals surface area contributed by atoms with Crippen molar-refractivity contribution in [1.29, 1.82) is 0 Å². The zero-order chi connectivity index (χ0) is 14.8. The van der Waals surface area contributed by atoms with Gasteiger partial charge in [-0.15, -0.1) is 0 Å². The quantitative estimate of drug-likeness (QED) is 0.677. The topological polar surface area (TPSA) is 60.7 Å². The molecule has 4 nitrogen and oxygen atoms in total. The Balaban J connectivity index is 1.74. The number of hydrogen-bond acceptors (Lipinski definition) is 2. The monoisotopic (exact) mass is 345 g/mol. The van der Waals surface area contributed by atoms with Crippen LogP contribution in [-0.4, -0.2) is 9.97 Å². The molecule has 5 heteroatoms. The molecule has 3 rings (SSSR count). The molecule has 0 amide bonds. The van der Waals surface area contributed by atoms with E-state index in [4.69, 9.17) is 0 Å². The van der Waals surface area contributed by atoms with E-state index in [0.717, 1.165) is 27.6 Å². The van der Waals surface area contributed by atoms with Gasteiger partial charge in [0.15, 0.2) is 0 Å². The number of hydrogen-bond donors (Lipinski definition) is 3. The average Bonchev–Trinajstić information content (AvgIpc) is 2.84. The number of aromatic nitrogens is 2. The van der Waals surface area contributed by atoms with E-state index in [-0.39, 0.29) is 11.7 Å². The van der Waals surface area contributed by atoms with Crippen LogP contribution in [0.3, 0.4) is 0 Å². The van der Waals surface area contributed by atoms with Crippen molar-refractivity contribution in [2.24, 2.45) is 0 Å². The fraction of sp³-hybridized carbons (Fsp3) is 0.188. The predicted octanol–water partition coefficient (Wildman–Crippen LogP) is 3.47. The summed E-state index contributed by atoms with van der Waals surface area (Å²) in [6, 6.07) is 14.4. The highest BCUT2D eigenvalue weighted by molar-refractivity contribution is 9.10. The predicted molar refractivity (Wildman–Crippen MR) is 88.3 cm³/mol. The standard InChI is InChI=1S/C16H16BrN3O/c1-10(18-9-11-3-2-4-13(17)7-11)12-5-6-14-15(8-12)20-16(21)19-14/h2-8,10,18H,9H2,1H3,(H2,19,20,21). The van der Waals surface area contributed by atoms with Gasteiger partial charge in [0.25, 0.3) is 0 Å². The Morgan fingerprint density at radius 2 is 1.95 bits per heavy atom. The molecule has 1 atom stereocenters. The van der Waals surface area contributed by atoms with E-state index >= 15 is 0 Å². The van der Waals surface area contributed by atoms with Gasteiger partial charge in [0.1, 0.15) is 0 Å². The summed E-state index contributed by atoms with van der Waals surface area (Å²) in [6.45, 7) is 2.91. The second-order valence-electron chi connectivity index (χ2n) is 5.12. The van der Waals surface area contributed by atoms with E-state index in [1.807, 2.05) is 30.3 Å². The summed E-state index contributed by atoms with van der Waals surface area (Å²) in [5.74, 6) is 0. The molecule has 3 aromatic rings. The van der Waals surface area contributed by atoms with Crippen LogP contribution in [-0.2, 0) is 6.54 Å². The SMILES string of the molecule is CC(NCc1cccc(Br)c1)c1ccc2[nH]c(=O)[nH]c2c1. The number of halogens is 1. The van der Waals surface area contributed by atoms with Crippen LogP contribution in [0.15, 0.2) is 51.7 Å². The first-order chi connectivity index (χ1) is 10.1. The summed E-state index contributed by atoms with van der Waals surface area (Å²) in [6.07, 6.45) is 0. The minimum atomic E-state index is -0.170. The first-order valence-corrected chi connectivity index (χ1v) is 7.61. The maximum atomic E-state index is 11.3. The fourth-order valence-electron chi connectivity index (χ4n) is 2.36. The van der Waals surface area contributed by atoms with Gasteiger partial charge in [-0.1, -0.05) is 34.1 Å². The molecule has 0 radical (unpaired) electrons. The van der Waals surface area contributed by atoms with Crippen LogP contribution in [0.5, 0.6) is 0 Å². The number of nitrogens with one attached hydrogen (secondary N) is 3. The smallest absolute Gasteiger partial charge is 0.306 e. The summed E-state index contributed by atoms with van der Waals surface area (Å²) in [7, 11) is 0. The third-order valence-corrected chi connectivity index (χ3v) is 4.03. The molecule has 0 aliphatic rings. The van der Waals surface area contributed by atoms with Gasteiger partial charge in [-0.05, 0) is 42.3 Å². The molecule has 21 heavy (non-hydrogen) atoms. The lowest BCUT2D eigenvalue weighted by atomic mass is 10.1. The van der Waals surface area contributed by atoms with E-state index in [1.54, 1.807) is 0 Å². The Morgan fingerprint density at radius 3 is 2.76 bits per heavy atom. The lowest BCUT2D eigenvalue weighted by molar-refractivity contribution is 0.575. The average molecular weight is 346 g/mol. The minimum Gasteiger partial charge on any atom is -0.306 e. The second-order valence-corrected chi connectivity index (χ2v) is 6.03. The van der Waals surface area contributed by atoms with Gasteiger partial charge in [-0.2, -0.15) is 0 Å². The van der Waals surface area contributed by atoms with Gasteiger partial charge in [-0.3, -0.25) is 0 Å². The maximum Gasteiger partial charge on any atom is 0.323 e. The molecule has 0 saturated carbocycles. The highest BCUT2D eigenvalue weighted by atomic mass is 79.9. The van der Waals surface area contributed by atoms with E-state index < -0.39 is 0 Å². The number of imidazole rings is 1. The second kappa shape index (κ2) is 5.87. The number of H-pyrrole nitrogens is 2. The van der Waals surface area contributed by atoms with Gasteiger partial charge < -0.3 is 15.3 Å². The van der Waals surface area contributed by atoms with E-state index in [0.29, 0.717) is 0 Å². The molecule has 1 unspecified atom stereocenters. The molecule has 0 saturated heterocycles. The van der Waals surface area contributed by atoms with Gasteiger partial charge in [0, 0.05) is 17.1 Å². The number of benzene rings is 2. The largest absolute Gasteiger partial charge is 0.323 e. The number of fused-ring (bicyclic) bond motifs is 1. The molecular formula is C16H16BrN3O. The van der Waals surface area contributed by atoms with Crippen LogP contribution in [0.25, 0.3) is 11.0 Å². The molecule has 108 valence electrons. The van der Waals surface area contributed by atoms with Crippen LogP contribution < -0.4 is 11.0 Å². The first kappa shape index (κ1) is 14.1. The normalized spacial score (nSPS) is 12.7.